The number of nitrogens with two attached hydrogens (primary N) is 1. The Labute approximate surface area is 115 Å². The van der Waals surface area contributed by atoms with Gasteiger partial charge in [0.05, 0.1) is 16.9 Å². The van der Waals surface area contributed by atoms with Gasteiger partial charge in [-0.2, -0.15) is 0 Å². The molecule has 2 rings (SSSR count). The molecule has 0 fully saturated rings. The minimum Gasteiger partial charge on any atom is -0.370 e. The van der Waals surface area contributed by atoms with Crippen LogP contribution in [0.5, 0.6) is 0 Å². The van der Waals surface area contributed by atoms with Gasteiger partial charge in [0.1, 0.15) is 5.82 Å². The number of primary amides is 1. The van der Waals surface area contributed by atoms with Crippen LogP contribution in [-0.4, -0.2) is 15.5 Å². The summed E-state index contributed by atoms with van der Waals surface area (Å²) >= 11 is 11.9. The van der Waals surface area contributed by atoms with E-state index in [-0.39, 0.29) is 24.2 Å². The lowest BCUT2D eigenvalue weighted by atomic mass is 10.2. The fourth-order valence-corrected chi connectivity index (χ4v) is 2.44. The van der Waals surface area contributed by atoms with Crippen molar-refractivity contribution in [3.8, 4) is 0 Å². The number of rotatable bonds is 4. The number of benzene rings is 1. The fraction of sp³-hybridized carbons (Fsp3) is 0.333. The van der Waals surface area contributed by atoms with Crippen LogP contribution in [0.25, 0.3) is 11.0 Å². The smallest absolute Gasteiger partial charge is 0.219 e. The first-order valence-corrected chi connectivity index (χ1v) is 6.44. The van der Waals surface area contributed by atoms with E-state index in [0.717, 1.165) is 11.0 Å². The lowest BCUT2D eigenvalue weighted by Crippen LogP contribution is -2.18. The second kappa shape index (κ2) is 5.16. The monoisotopic (exact) mass is 285 g/mol. The van der Waals surface area contributed by atoms with Gasteiger partial charge < -0.3 is 10.3 Å². The second-order valence-corrected chi connectivity index (χ2v) is 4.89. The van der Waals surface area contributed by atoms with Crippen molar-refractivity contribution in [1.82, 2.24) is 9.55 Å². The van der Waals surface area contributed by atoms with E-state index < -0.39 is 0 Å². The summed E-state index contributed by atoms with van der Waals surface area (Å²) in [6.07, 6.45) is 0.238. The molecule has 96 valence electrons. The summed E-state index contributed by atoms with van der Waals surface area (Å²) in [5.74, 6) is 0.629. The molecule has 0 aliphatic carbocycles. The topological polar surface area (TPSA) is 60.9 Å². The third-order valence-electron chi connectivity index (χ3n) is 2.78. The van der Waals surface area contributed by atoms with Crippen LogP contribution in [0.15, 0.2) is 18.2 Å². The zero-order valence-corrected chi connectivity index (χ0v) is 11.4. The Morgan fingerprint density at radius 3 is 2.89 bits per heavy atom. The van der Waals surface area contributed by atoms with E-state index in [1.54, 1.807) is 6.07 Å². The lowest BCUT2D eigenvalue weighted by molar-refractivity contribution is -0.118. The summed E-state index contributed by atoms with van der Waals surface area (Å²) in [7, 11) is 0. The predicted octanol–water partition coefficient (Wildman–Crippen LogP) is 2.86. The standard InChI is InChI=1S/C12H13Cl2N3O/c1-7(4-11(15)18)17-10-5-8(14)2-3-9(10)16-12(17)6-13/h2-3,5,7H,4,6H2,1H3,(H2,15,18). The number of hydrogen-bond acceptors (Lipinski definition) is 2. The van der Waals surface area contributed by atoms with Gasteiger partial charge in [-0.15, -0.1) is 11.6 Å². The van der Waals surface area contributed by atoms with E-state index in [0.29, 0.717) is 10.8 Å². The van der Waals surface area contributed by atoms with E-state index in [2.05, 4.69) is 4.98 Å². The molecule has 6 heteroatoms. The molecular weight excluding hydrogens is 273 g/mol. The SMILES string of the molecule is CC(CC(N)=O)n1c(CCl)nc2ccc(Cl)cc21. The number of alkyl halides is 1. The minimum absolute atomic E-state index is 0.0975. The largest absolute Gasteiger partial charge is 0.370 e. The average molecular weight is 286 g/mol. The zero-order valence-electron chi connectivity index (χ0n) is 9.86. The Balaban J connectivity index is 2.58. The average Bonchev–Trinajstić information content (AvgIpc) is 2.65. The first-order chi connectivity index (χ1) is 8.52. The van der Waals surface area contributed by atoms with E-state index in [4.69, 9.17) is 28.9 Å². The summed E-state index contributed by atoms with van der Waals surface area (Å²) in [6.45, 7) is 1.91. The molecule has 0 spiro atoms. The van der Waals surface area contributed by atoms with Gasteiger partial charge in [0.25, 0.3) is 0 Å². The Kier molecular flexibility index (Phi) is 3.78. The van der Waals surface area contributed by atoms with Crippen LogP contribution in [0.4, 0.5) is 0 Å². The third-order valence-corrected chi connectivity index (χ3v) is 3.26. The molecule has 0 radical (unpaired) electrons. The molecule has 0 aliphatic heterocycles. The lowest BCUT2D eigenvalue weighted by Gasteiger charge is -2.15. The molecular formula is C12H13Cl2N3O. The van der Waals surface area contributed by atoms with Gasteiger partial charge in [0.2, 0.25) is 5.91 Å². The van der Waals surface area contributed by atoms with Crippen molar-refractivity contribution in [2.45, 2.75) is 25.3 Å². The molecule has 0 saturated heterocycles. The Hall–Kier alpha value is -1.26. The van der Waals surface area contributed by atoms with Gasteiger partial charge in [-0.3, -0.25) is 4.79 Å². The maximum Gasteiger partial charge on any atom is 0.219 e. The number of nitrogens with zero attached hydrogens (tertiary/aromatic N) is 2. The van der Waals surface area contributed by atoms with Gasteiger partial charge >= 0.3 is 0 Å². The molecule has 1 unspecified atom stereocenters. The number of imidazole rings is 1. The molecule has 1 heterocycles. The first kappa shape index (κ1) is 13.2. The van der Waals surface area contributed by atoms with Crippen molar-refractivity contribution >= 4 is 40.1 Å². The van der Waals surface area contributed by atoms with Crippen molar-refractivity contribution in [3.05, 3.63) is 29.0 Å². The summed E-state index contributed by atoms with van der Waals surface area (Å²) in [5, 5.41) is 0.621. The maximum absolute atomic E-state index is 11.0. The molecule has 18 heavy (non-hydrogen) atoms. The maximum atomic E-state index is 11.0. The van der Waals surface area contributed by atoms with Crippen molar-refractivity contribution in [3.63, 3.8) is 0 Å². The van der Waals surface area contributed by atoms with Gasteiger partial charge in [-0.05, 0) is 25.1 Å². The summed E-state index contributed by atoms with van der Waals surface area (Å²) in [6, 6.07) is 5.33. The number of carbonyl (C=O) groups excluding carboxylic acids is 1. The molecule has 4 nitrogen and oxygen atoms in total. The highest BCUT2D eigenvalue weighted by molar-refractivity contribution is 6.31. The Bertz CT molecular complexity index is 594. The van der Waals surface area contributed by atoms with Crippen LogP contribution in [0.1, 0.15) is 25.2 Å². The van der Waals surface area contributed by atoms with E-state index in [1.165, 1.54) is 0 Å². The molecule has 2 N–H and O–H groups in total. The molecule has 1 amide bonds. The molecule has 0 aliphatic rings. The molecule has 1 aromatic heterocycles. The number of fused-ring (bicyclic) bond motifs is 1. The Morgan fingerprint density at radius 2 is 2.28 bits per heavy atom. The van der Waals surface area contributed by atoms with Crippen molar-refractivity contribution in [2.24, 2.45) is 5.73 Å². The van der Waals surface area contributed by atoms with Gasteiger partial charge in [0.15, 0.2) is 0 Å². The zero-order chi connectivity index (χ0) is 13.3. The first-order valence-electron chi connectivity index (χ1n) is 5.53. The second-order valence-electron chi connectivity index (χ2n) is 4.18. The van der Waals surface area contributed by atoms with Crippen LogP contribution in [0, 0.1) is 0 Å². The summed E-state index contributed by atoms with van der Waals surface area (Å²) < 4.78 is 1.92. The summed E-state index contributed by atoms with van der Waals surface area (Å²) in [5.41, 5.74) is 6.91. The number of amides is 1. The Morgan fingerprint density at radius 1 is 1.56 bits per heavy atom. The van der Waals surface area contributed by atoms with Gasteiger partial charge in [-0.1, -0.05) is 11.6 Å². The predicted molar refractivity (Wildman–Crippen MR) is 72.8 cm³/mol. The van der Waals surface area contributed by atoms with E-state index >= 15 is 0 Å². The third kappa shape index (κ3) is 2.44. The molecule has 2 aromatic rings. The molecule has 0 saturated carbocycles. The normalized spacial score (nSPS) is 12.8. The van der Waals surface area contributed by atoms with E-state index in [1.807, 2.05) is 23.6 Å². The highest BCUT2D eigenvalue weighted by Crippen LogP contribution is 2.26. The van der Waals surface area contributed by atoms with Crippen LogP contribution in [-0.2, 0) is 10.7 Å². The van der Waals surface area contributed by atoms with Crippen LogP contribution in [0.2, 0.25) is 5.02 Å². The van der Waals surface area contributed by atoms with E-state index in [9.17, 15) is 4.79 Å². The van der Waals surface area contributed by atoms with Crippen molar-refractivity contribution < 1.29 is 4.79 Å². The van der Waals surface area contributed by atoms with Gasteiger partial charge in [-0.25, -0.2) is 4.98 Å². The van der Waals surface area contributed by atoms with Crippen LogP contribution < -0.4 is 5.73 Å². The van der Waals surface area contributed by atoms with Crippen LogP contribution >= 0.6 is 23.2 Å². The molecule has 1 aromatic carbocycles. The quantitative estimate of drug-likeness (QED) is 0.878. The highest BCUT2D eigenvalue weighted by Gasteiger charge is 2.17. The minimum atomic E-state index is -0.355. The van der Waals surface area contributed by atoms with Crippen molar-refractivity contribution in [1.29, 1.82) is 0 Å². The van der Waals surface area contributed by atoms with Gasteiger partial charge in [0, 0.05) is 17.5 Å². The number of halogens is 2. The van der Waals surface area contributed by atoms with Crippen LogP contribution in [0.3, 0.4) is 0 Å². The number of hydrogen-bond donors (Lipinski definition) is 1. The molecule has 0 bridgehead atoms. The van der Waals surface area contributed by atoms with Crippen molar-refractivity contribution in [2.75, 3.05) is 0 Å². The number of aromatic nitrogens is 2. The summed E-state index contributed by atoms with van der Waals surface area (Å²) in [4.78, 5) is 15.5. The highest BCUT2D eigenvalue weighted by atomic mass is 35.5. The molecule has 1 atom stereocenters. The fourth-order valence-electron chi connectivity index (χ4n) is 2.08. The number of carbonyl (C=O) groups is 1.